The second-order valence-corrected chi connectivity index (χ2v) is 8.89. The molecule has 28 heavy (non-hydrogen) atoms. The van der Waals surface area contributed by atoms with Crippen molar-refractivity contribution in [1.82, 2.24) is 9.88 Å². The fourth-order valence-corrected chi connectivity index (χ4v) is 4.64. The van der Waals surface area contributed by atoms with Crippen LogP contribution in [0.4, 0.5) is 0 Å². The molecule has 1 fully saturated rings. The van der Waals surface area contributed by atoms with Crippen LogP contribution in [0.25, 0.3) is 0 Å². The highest BCUT2D eigenvalue weighted by Gasteiger charge is 2.30. The number of nitrogens with zero attached hydrogens (tertiary/aromatic N) is 1. The minimum Gasteiger partial charge on any atom is -0.341 e. The van der Waals surface area contributed by atoms with E-state index in [0.29, 0.717) is 12.5 Å². The molecular weight excluding hydrogens is 351 g/mol. The minimum atomic E-state index is -1.03. The molecule has 1 aromatic rings. The third kappa shape index (κ3) is 4.42. The van der Waals surface area contributed by atoms with Crippen LogP contribution in [-0.2, 0) is 24.2 Å². The summed E-state index contributed by atoms with van der Waals surface area (Å²) in [6.07, 6.45) is 10.1. The number of carbonyl (C=O) groups is 2. The maximum atomic E-state index is 13.3. The Morgan fingerprint density at radius 1 is 1.14 bits per heavy atom. The molecular formula is C22H32BN2O3. The number of aryl methyl sites for hydroxylation is 1. The molecule has 2 aliphatic carbocycles. The zero-order valence-electron chi connectivity index (χ0n) is 17.5. The van der Waals surface area contributed by atoms with E-state index in [0.717, 1.165) is 49.8 Å². The second kappa shape index (κ2) is 8.67. The molecule has 1 radical (unpaired) electrons. The van der Waals surface area contributed by atoms with Crippen LogP contribution in [0, 0.1) is 5.92 Å². The van der Waals surface area contributed by atoms with Gasteiger partial charge in [-0.2, -0.15) is 0 Å². The lowest BCUT2D eigenvalue weighted by atomic mass is 9.68. The number of nitrogens with one attached hydrogen (secondary N) is 1. The third-order valence-corrected chi connectivity index (χ3v) is 6.31. The molecule has 0 atom stereocenters. The number of amides is 1. The molecule has 151 valence electrons. The summed E-state index contributed by atoms with van der Waals surface area (Å²) in [7, 11) is 1.45. The van der Waals surface area contributed by atoms with Gasteiger partial charge in [0.2, 0.25) is 7.28 Å². The summed E-state index contributed by atoms with van der Waals surface area (Å²) >= 11 is 0. The predicted molar refractivity (Wildman–Crippen MR) is 112 cm³/mol. The number of rotatable bonds is 6. The van der Waals surface area contributed by atoms with Gasteiger partial charge < -0.3 is 14.7 Å². The highest BCUT2D eigenvalue weighted by molar-refractivity contribution is 6.74. The molecule has 1 aromatic heterocycles. The van der Waals surface area contributed by atoms with E-state index in [1.165, 1.54) is 26.5 Å². The Balaban J connectivity index is 1.95. The van der Waals surface area contributed by atoms with Gasteiger partial charge in [-0.25, -0.2) is 0 Å². The Labute approximate surface area is 168 Å². The van der Waals surface area contributed by atoms with Gasteiger partial charge in [-0.05, 0) is 69.9 Å². The van der Waals surface area contributed by atoms with Crippen molar-refractivity contribution in [3.05, 3.63) is 33.2 Å². The number of pyridine rings is 1. The van der Waals surface area contributed by atoms with Gasteiger partial charge in [0.1, 0.15) is 11.2 Å². The average Bonchev–Trinajstić information content (AvgIpc) is 2.69. The SMILES string of the molecule is C[B]C(=O)C(C)(C)NC(=O)c1cc2c(n(CC3CCCCC3)c1=O)CCCC2. The first kappa shape index (κ1) is 20.9. The maximum absolute atomic E-state index is 13.3. The lowest BCUT2D eigenvalue weighted by molar-refractivity contribution is -0.116. The average molecular weight is 383 g/mol. The van der Waals surface area contributed by atoms with Crippen molar-refractivity contribution in [2.75, 3.05) is 0 Å². The number of fused-ring (bicyclic) bond motifs is 1. The quantitative estimate of drug-likeness (QED) is 0.768. The van der Waals surface area contributed by atoms with E-state index in [1.807, 2.05) is 4.57 Å². The molecule has 0 spiro atoms. The summed E-state index contributed by atoms with van der Waals surface area (Å²) in [5.74, 6) is 0.0689. The summed E-state index contributed by atoms with van der Waals surface area (Å²) in [4.78, 5) is 38.3. The van der Waals surface area contributed by atoms with E-state index in [-0.39, 0.29) is 16.8 Å². The summed E-state index contributed by atoms with van der Waals surface area (Å²) in [6.45, 7) is 5.72. The van der Waals surface area contributed by atoms with Gasteiger partial charge in [-0.15, -0.1) is 0 Å². The Morgan fingerprint density at radius 3 is 2.50 bits per heavy atom. The number of hydrogen-bond donors (Lipinski definition) is 1. The largest absolute Gasteiger partial charge is 0.341 e. The van der Waals surface area contributed by atoms with E-state index in [4.69, 9.17) is 0 Å². The molecule has 0 aliphatic heterocycles. The zero-order chi connectivity index (χ0) is 20.3. The first-order chi connectivity index (χ1) is 13.3. The summed E-state index contributed by atoms with van der Waals surface area (Å²) < 4.78 is 1.89. The van der Waals surface area contributed by atoms with Crippen molar-refractivity contribution >= 4 is 18.9 Å². The van der Waals surface area contributed by atoms with Crippen LogP contribution in [-0.4, -0.2) is 29.0 Å². The van der Waals surface area contributed by atoms with Gasteiger partial charge >= 0.3 is 0 Å². The third-order valence-electron chi connectivity index (χ3n) is 6.31. The predicted octanol–water partition coefficient (Wildman–Crippen LogP) is 3.09. The van der Waals surface area contributed by atoms with Crippen molar-refractivity contribution in [2.24, 2.45) is 5.92 Å². The molecule has 1 heterocycles. The molecule has 1 N–H and O–H groups in total. The Hall–Kier alpha value is -1.85. The summed E-state index contributed by atoms with van der Waals surface area (Å²) in [6, 6.07) is 1.78. The van der Waals surface area contributed by atoms with Crippen LogP contribution in [0.1, 0.15) is 80.4 Å². The Morgan fingerprint density at radius 2 is 1.82 bits per heavy atom. The molecule has 1 amide bonds. The normalized spacial score (nSPS) is 17.7. The van der Waals surface area contributed by atoms with E-state index in [2.05, 4.69) is 5.32 Å². The minimum absolute atomic E-state index is 0.165. The first-order valence-electron chi connectivity index (χ1n) is 10.8. The van der Waals surface area contributed by atoms with Crippen LogP contribution in [0.15, 0.2) is 10.9 Å². The van der Waals surface area contributed by atoms with E-state index < -0.39 is 11.4 Å². The van der Waals surface area contributed by atoms with Gasteiger partial charge in [0.25, 0.3) is 11.5 Å². The molecule has 5 nitrogen and oxygen atoms in total. The lowest BCUT2D eigenvalue weighted by Crippen LogP contribution is -2.52. The van der Waals surface area contributed by atoms with Gasteiger partial charge in [0.15, 0.2) is 0 Å². The van der Waals surface area contributed by atoms with Crippen LogP contribution in [0.2, 0.25) is 6.82 Å². The van der Waals surface area contributed by atoms with Crippen molar-refractivity contribution in [2.45, 2.75) is 90.5 Å². The van der Waals surface area contributed by atoms with Crippen LogP contribution in [0.5, 0.6) is 0 Å². The van der Waals surface area contributed by atoms with Gasteiger partial charge in [-0.3, -0.25) is 9.59 Å². The molecule has 0 bridgehead atoms. The molecule has 3 rings (SSSR count). The highest BCUT2D eigenvalue weighted by atomic mass is 16.2. The number of carbonyl (C=O) groups excluding carboxylic acids is 2. The van der Waals surface area contributed by atoms with Gasteiger partial charge in [0.05, 0.1) is 5.54 Å². The van der Waals surface area contributed by atoms with Crippen molar-refractivity contribution in [3.8, 4) is 0 Å². The van der Waals surface area contributed by atoms with Crippen LogP contribution >= 0.6 is 0 Å². The zero-order valence-corrected chi connectivity index (χ0v) is 17.5. The molecule has 0 aromatic carbocycles. The van der Waals surface area contributed by atoms with Crippen molar-refractivity contribution in [3.63, 3.8) is 0 Å². The second-order valence-electron chi connectivity index (χ2n) is 8.89. The molecule has 0 saturated heterocycles. The van der Waals surface area contributed by atoms with E-state index >= 15 is 0 Å². The first-order valence-corrected chi connectivity index (χ1v) is 10.8. The fourth-order valence-electron chi connectivity index (χ4n) is 4.64. The van der Waals surface area contributed by atoms with Crippen molar-refractivity contribution in [1.29, 1.82) is 0 Å². The maximum Gasteiger partial charge on any atom is 0.263 e. The summed E-state index contributed by atoms with van der Waals surface area (Å²) in [5, 5.41) is 2.77. The monoisotopic (exact) mass is 383 g/mol. The van der Waals surface area contributed by atoms with Crippen LogP contribution < -0.4 is 10.9 Å². The smallest absolute Gasteiger partial charge is 0.263 e. The van der Waals surface area contributed by atoms with Gasteiger partial charge in [-0.1, -0.05) is 26.1 Å². The van der Waals surface area contributed by atoms with Crippen molar-refractivity contribution < 1.29 is 9.59 Å². The van der Waals surface area contributed by atoms with E-state index in [9.17, 15) is 14.4 Å². The van der Waals surface area contributed by atoms with Crippen LogP contribution in [0.3, 0.4) is 0 Å². The molecule has 2 aliphatic rings. The standard InChI is InChI=1S/C22H32BN2O3/c1-22(2,21(28)23-3)24-19(26)17-13-16-11-7-8-12-18(16)25(20(17)27)14-15-9-5-4-6-10-15/h13,15H,4-12,14H2,1-3H3,(H,24,26). The van der Waals surface area contributed by atoms with E-state index in [1.54, 1.807) is 26.7 Å². The Bertz CT molecular complexity index is 807. The number of hydrogen-bond acceptors (Lipinski definition) is 3. The molecule has 0 unspecified atom stereocenters. The Kier molecular flexibility index (Phi) is 6.46. The fraction of sp³-hybridized carbons (Fsp3) is 0.682. The number of aromatic nitrogens is 1. The molecule has 1 saturated carbocycles. The topological polar surface area (TPSA) is 68.2 Å². The summed E-state index contributed by atoms with van der Waals surface area (Å²) in [5.41, 5.74) is 1.03. The van der Waals surface area contributed by atoms with Gasteiger partial charge in [0, 0.05) is 12.2 Å². The lowest BCUT2D eigenvalue weighted by Gasteiger charge is -2.28. The highest BCUT2D eigenvalue weighted by Crippen LogP contribution is 2.27. The molecule has 6 heteroatoms.